The number of aromatic nitrogens is 1. The summed E-state index contributed by atoms with van der Waals surface area (Å²) < 4.78 is 23.7. The molecular weight excluding hydrogens is 991 g/mol. The van der Waals surface area contributed by atoms with E-state index >= 15 is 0 Å². The van der Waals surface area contributed by atoms with Crippen LogP contribution in [0.15, 0.2) is 60.8 Å². The highest BCUT2D eigenvalue weighted by Crippen LogP contribution is 2.71. The first kappa shape index (κ1) is 57.0. The third kappa shape index (κ3) is 13.4. The van der Waals surface area contributed by atoms with E-state index in [1.807, 2.05) is 6.92 Å². The molecule has 4 aliphatic carbocycles. The molecule has 3 heterocycles. The van der Waals surface area contributed by atoms with E-state index in [9.17, 15) is 59.1 Å². The number of pyridine rings is 1. The fourth-order valence-electron chi connectivity index (χ4n) is 12.5. The molecule has 2 unspecified atom stereocenters. The summed E-state index contributed by atoms with van der Waals surface area (Å²) in [6.45, 7) is 10.2. The van der Waals surface area contributed by atoms with E-state index in [-0.39, 0.29) is 91.4 Å². The number of nitrogens with zero attached hydrogens (tertiary/aromatic N) is 2. The molecular formula is C53H69N7O16. The molecule has 1 saturated heterocycles. The highest BCUT2D eigenvalue weighted by atomic mass is 16.7. The van der Waals surface area contributed by atoms with Gasteiger partial charge in [0.2, 0.25) is 24.0 Å². The summed E-state index contributed by atoms with van der Waals surface area (Å²) in [4.78, 5) is 91.9. The Hall–Kier alpha value is -6.76. The van der Waals surface area contributed by atoms with Crippen LogP contribution in [0, 0.1) is 16.2 Å². The van der Waals surface area contributed by atoms with Gasteiger partial charge in [0.1, 0.15) is 36.8 Å². The molecule has 4 bridgehead atoms. The SMILES string of the molecule is C=C/C(=C(/C)NCC12CC3(C)CC(C)(C1)CC(OCCNC(=O)OCc1ccc(O[C@@H]4O[C@H](CO)[C@H](O)[C@H](O)[C@H]4O)c(NC(=O)CCNC(=O)CCN4C(=O)C=CC4=O)c1)(C3)C2)c1ccc(CC(=O)NC)nc1C(=O)O. The van der Waals surface area contributed by atoms with E-state index in [1.165, 1.54) is 25.2 Å². The van der Waals surface area contributed by atoms with Crippen molar-refractivity contribution in [2.75, 3.05) is 51.8 Å². The molecule has 10 N–H and O–H groups in total. The molecule has 6 amide bonds. The maximum absolute atomic E-state index is 13.2. The van der Waals surface area contributed by atoms with Gasteiger partial charge in [0.15, 0.2) is 5.69 Å². The Morgan fingerprint density at radius 1 is 0.868 bits per heavy atom. The van der Waals surface area contributed by atoms with Crippen LogP contribution in [0.25, 0.3) is 5.57 Å². The number of anilines is 1. The van der Waals surface area contributed by atoms with Gasteiger partial charge in [0.25, 0.3) is 11.8 Å². The Labute approximate surface area is 439 Å². The summed E-state index contributed by atoms with van der Waals surface area (Å²) in [6.07, 6.45) is 0.0753. The molecule has 8 rings (SSSR count). The van der Waals surface area contributed by atoms with Crippen molar-refractivity contribution in [2.24, 2.45) is 16.2 Å². The Balaban J connectivity index is 0.946. The summed E-state index contributed by atoms with van der Waals surface area (Å²) in [7, 11) is 1.50. The van der Waals surface area contributed by atoms with Gasteiger partial charge in [0.05, 0.1) is 36.6 Å². The van der Waals surface area contributed by atoms with Gasteiger partial charge in [-0.1, -0.05) is 38.6 Å². The Morgan fingerprint density at radius 3 is 2.24 bits per heavy atom. The second-order valence-corrected chi connectivity index (χ2v) is 21.4. The molecule has 7 atom stereocenters. The fourth-order valence-corrected chi connectivity index (χ4v) is 12.5. The molecule has 412 valence electrons. The van der Waals surface area contributed by atoms with Crippen LogP contribution in [-0.4, -0.2) is 160 Å². The number of alkyl carbamates (subject to hydrolysis) is 1. The number of likely N-dealkylation sites (N-methyl/N-ethyl adjacent to an activating group) is 1. The number of rotatable bonds is 24. The maximum atomic E-state index is 13.2. The van der Waals surface area contributed by atoms with Gasteiger partial charge in [-0.05, 0) is 85.5 Å². The van der Waals surface area contributed by atoms with Gasteiger partial charge in [0, 0.05) is 75.1 Å². The van der Waals surface area contributed by atoms with Crippen molar-refractivity contribution >= 4 is 52.9 Å². The monoisotopic (exact) mass is 1060 g/mol. The second kappa shape index (κ2) is 23.6. The molecule has 0 spiro atoms. The standard InChI is InChI=1S/C53H69N7O16/c1-6-33(34-9-8-32(20-40(64)54-5)58-43(34)47(70)71)30(2)57-29-52-24-50(3)23-51(4,25-52)27-53(26-50,28-52)74-18-16-56-49(72)73-22-31-7-10-36(75-48-46(69)45(68)44(67)37(21-61)76-48)35(19-31)59-39(63)13-15-55-38(62)14-17-60-41(65)11-12-42(60)66/h6-12,19,37,44-46,48,57,61,67-69H,1,13-18,20-29H2,2-5H3,(H,54,64)(H,55,62)(H,56,72)(H,59,63)(H,70,71)/b33-30+/t37-,44+,45+,46-,48-,50?,51?,52?,53?/m1/s1. The number of hydrogen-bond acceptors (Lipinski definition) is 17. The van der Waals surface area contributed by atoms with Gasteiger partial charge >= 0.3 is 12.1 Å². The minimum absolute atomic E-state index is 0.000588. The average Bonchev–Trinajstić information content (AvgIpc) is 3.82. The quantitative estimate of drug-likeness (QED) is 0.0405. The number of benzene rings is 1. The number of aliphatic hydroxyl groups excluding tert-OH is 4. The molecule has 76 heavy (non-hydrogen) atoms. The topological polar surface area (TPSA) is 334 Å². The first-order chi connectivity index (χ1) is 36.0. The normalized spacial score (nSPS) is 28.6. The molecule has 0 radical (unpaired) electrons. The molecule has 1 aromatic carbocycles. The number of allylic oxidation sites excluding steroid dienone is 3. The van der Waals surface area contributed by atoms with Gasteiger partial charge < -0.3 is 71.1 Å². The van der Waals surface area contributed by atoms with Crippen LogP contribution in [0.5, 0.6) is 5.75 Å². The zero-order valence-electron chi connectivity index (χ0n) is 43.1. The van der Waals surface area contributed by atoms with Crippen LogP contribution in [0.4, 0.5) is 10.5 Å². The van der Waals surface area contributed by atoms with Crippen LogP contribution in [0.2, 0.25) is 0 Å². The predicted molar refractivity (Wildman–Crippen MR) is 271 cm³/mol. The van der Waals surface area contributed by atoms with Crippen LogP contribution in [0.3, 0.4) is 0 Å². The number of aromatic carboxylic acids is 1. The lowest BCUT2D eigenvalue weighted by Crippen LogP contribution is -2.65. The molecule has 2 aliphatic heterocycles. The molecule has 23 heteroatoms. The lowest BCUT2D eigenvalue weighted by molar-refractivity contribution is -0.277. The summed E-state index contributed by atoms with van der Waals surface area (Å²) in [6, 6.07) is 7.66. The number of nitrogens with one attached hydrogen (secondary N) is 5. The third-order valence-corrected chi connectivity index (χ3v) is 14.8. The van der Waals surface area contributed by atoms with Crippen LogP contribution in [-0.2, 0) is 51.2 Å². The number of carbonyl (C=O) groups excluding carboxylic acids is 6. The minimum atomic E-state index is -1.76. The van der Waals surface area contributed by atoms with E-state index in [1.54, 1.807) is 18.2 Å². The minimum Gasteiger partial charge on any atom is -0.476 e. The van der Waals surface area contributed by atoms with Gasteiger partial charge in [-0.25, -0.2) is 14.6 Å². The molecule has 23 nitrogen and oxygen atoms in total. The molecule has 2 aromatic rings. The van der Waals surface area contributed by atoms with E-state index in [2.05, 4.69) is 52.0 Å². The largest absolute Gasteiger partial charge is 0.476 e. The highest BCUT2D eigenvalue weighted by Gasteiger charge is 2.66. The Bertz CT molecular complexity index is 2620. The summed E-state index contributed by atoms with van der Waals surface area (Å²) in [5, 5.41) is 65.2. The molecule has 6 aliphatic rings. The summed E-state index contributed by atoms with van der Waals surface area (Å²) >= 11 is 0. The lowest BCUT2D eigenvalue weighted by Gasteiger charge is -2.69. The smallest absolute Gasteiger partial charge is 0.407 e. The van der Waals surface area contributed by atoms with Gasteiger partial charge in [-0.3, -0.25) is 28.9 Å². The van der Waals surface area contributed by atoms with E-state index in [0.29, 0.717) is 28.9 Å². The summed E-state index contributed by atoms with van der Waals surface area (Å²) in [5.41, 5.74) is 1.69. The number of carboxylic acid groups (broad SMARTS) is 1. The van der Waals surface area contributed by atoms with Crippen molar-refractivity contribution < 1.29 is 78.0 Å². The van der Waals surface area contributed by atoms with Crippen LogP contribution < -0.4 is 31.3 Å². The van der Waals surface area contributed by atoms with Crippen LogP contribution >= 0.6 is 0 Å². The van der Waals surface area contributed by atoms with Crippen molar-refractivity contribution in [3.05, 3.63) is 83.4 Å². The van der Waals surface area contributed by atoms with Crippen LogP contribution in [0.1, 0.15) is 99.4 Å². The van der Waals surface area contributed by atoms with Gasteiger partial charge in [-0.2, -0.15) is 0 Å². The number of ether oxygens (including phenoxy) is 4. The highest BCUT2D eigenvalue weighted by molar-refractivity contribution is 6.13. The number of aliphatic hydroxyl groups is 4. The Kier molecular flexibility index (Phi) is 17.7. The lowest BCUT2D eigenvalue weighted by atomic mass is 9.39. The first-order valence-electron chi connectivity index (χ1n) is 25.3. The first-order valence-corrected chi connectivity index (χ1v) is 25.3. The number of carboxylic acids is 1. The Morgan fingerprint density at radius 2 is 1.58 bits per heavy atom. The van der Waals surface area contributed by atoms with Crippen molar-refractivity contribution in [1.29, 1.82) is 0 Å². The third-order valence-electron chi connectivity index (χ3n) is 14.8. The predicted octanol–water partition coefficient (Wildman–Crippen LogP) is 1.58. The number of carbonyl (C=O) groups is 7. The number of amides is 6. The number of hydrogen-bond donors (Lipinski definition) is 10. The average molecular weight is 1060 g/mol. The summed E-state index contributed by atoms with van der Waals surface area (Å²) in [5.74, 6) is -3.73. The molecule has 5 fully saturated rings. The molecule has 1 aromatic heterocycles. The van der Waals surface area contributed by atoms with Gasteiger partial charge in [-0.15, -0.1) is 0 Å². The molecule has 4 saturated carbocycles. The van der Waals surface area contributed by atoms with E-state index < -0.39 is 78.6 Å². The fraction of sp³-hybridized carbons (Fsp3) is 0.547. The van der Waals surface area contributed by atoms with E-state index in [0.717, 1.165) is 61.3 Å². The van der Waals surface area contributed by atoms with Crippen molar-refractivity contribution in [2.45, 2.75) is 121 Å². The number of imide groups is 1. The van der Waals surface area contributed by atoms with Crippen molar-refractivity contribution in [1.82, 2.24) is 31.2 Å². The van der Waals surface area contributed by atoms with Crippen molar-refractivity contribution in [3.8, 4) is 5.75 Å². The van der Waals surface area contributed by atoms with E-state index in [4.69, 9.17) is 18.9 Å². The second-order valence-electron chi connectivity index (χ2n) is 21.4. The zero-order chi connectivity index (χ0) is 55.2. The van der Waals surface area contributed by atoms with Crippen molar-refractivity contribution in [3.63, 3.8) is 0 Å². The zero-order valence-corrected chi connectivity index (χ0v) is 43.1. The maximum Gasteiger partial charge on any atom is 0.407 e.